The maximum Gasteiger partial charge on any atom is 2.00 e. The van der Waals surface area contributed by atoms with Gasteiger partial charge in [0.25, 0.3) is 0 Å². The summed E-state index contributed by atoms with van der Waals surface area (Å²) >= 11 is 0. The molecule has 0 aliphatic heterocycles. The zero-order chi connectivity index (χ0) is 4.24. The van der Waals surface area contributed by atoms with Gasteiger partial charge in [0, 0.05) is 12.4 Å². The SMILES string of the molecule is N.N.N.N.[Cl-].[Cl-].[Cl-].[Cl-].[Pt+2].[Pt+2].c1cncnc1. The van der Waals surface area contributed by atoms with Crippen LogP contribution >= 0.6 is 0 Å². The topological polar surface area (TPSA) is 166 Å². The first-order valence-electron chi connectivity index (χ1n) is 1.70. The van der Waals surface area contributed by atoms with Gasteiger partial charge in [-0.3, -0.25) is 0 Å². The molecule has 0 aliphatic rings. The van der Waals surface area contributed by atoms with Crippen LogP contribution in [0.2, 0.25) is 0 Å². The molecule has 0 aromatic carbocycles. The minimum Gasteiger partial charge on any atom is -1.00 e. The maximum atomic E-state index is 3.67. The molecule has 0 amide bonds. The molecule has 0 radical (unpaired) electrons. The third-order valence-electron chi connectivity index (χ3n) is 0.478. The van der Waals surface area contributed by atoms with E-state index in [4.69, 9.17) is 0 Å². The van der Waals surface area contributed by atoms with Gasteiger partial charge in [0.2, 0.25) is 0 Å². The van der Waals surface area contributed by atoms with Crippen LogP contribution in [-0.2, 0) is 42.1 Å². The molecular weight excluding hydrogens is 664 g/mol. The largest absolute Gasteiger partial charge is 2.00 e. The molecule has 1 heterocycles. The van der Waals surface area contributed by atoms with E-state index in [1.807, 2.05) is 0 Å². The summed E-state index contributed by atoms with van der Waals surface area (Å²) in [5.41, 5.74) is 0. The Labute approximate surface area is 150 Å². The Bertz CT molecular complexity index is 102. The average Bonchev–Trinajstić information content (AvgIpc) is 1.72. The second kappa shape index (κ2) is 70.7. The van der Waals surface area contributed by atoms with Gasteiger partial charge >= 0.3 is 42.1 Å². The molecule has 0 aliphatic carbocycles. The van der Waals surface area contributed by atoms with Crippen LogP contribution in [0.3, 0.4) is 0 Å². The van der Waals surface area contributed by atoms with Gasteiger partial charge < -0.3 is 74.2 Å². The number of hydrogen-bond donors (Lipinski definition) is 4. The van der Waals surface area contributed by atoms with E-state index in [1.165, 1.54) is 6.33 Å². The minimum absolute atomic E-state index is 0. The van der Waals surface area contributed by atoms with E-state index in [0.29, 0.717) is 0 Å². The quantitative estimate of drug-likeness (QED) is 0.213. The fourth-order valence-corrected chi connectivity index (χ4v) is 0.253. The van der Waals surface area contributed by atoms with Crippen molar-refractivity contribution in [3.8, 4) is 0 Å². The molecule has 110 valence electrons. The van der Waals surface area contributed by atoms with Crippen LogP contribution in [0.15, 0.2) is 24.8 Å². The second-order valence-corrected chi connectivity index (χ2v) is 0.904. The van der Waals surface area contributed by atoms with E-state index in [2.05, 4.69) is 9.97 Å². The molecule has 0 fully saturated rings. The zero-order valence-electron chi connectivity index (χ0n) is 8.18. The third kappa shape index (κ3) is 58.1. The van der Waals surface area contributed by atoms with E-state index >= 15 is 0 Å². The van der Waals surface area contributed by atoms with Gasteiger partial charge in [0.05, 0.1) is 0 Å². The van der Waals surface area contributed by atoms with Crippen molar-refractivity contribution >= 4 is 0 Å². The van der Waals surface area contributed by atoms with Crippen LogP contribution in [-0.4, -0.2) is 9.97 Å². The normalized spacial score (nSPS) is 3.00. The number of hydrogen-bond acceptors (Lipinski definition) is 6. The van der Waals surface area contributed by atoms with Crippen LogP contribution < -0.4 is 74.2 Å². The van der Waals surface area contributed by atoms with Crippen molar-refractivity contribution in [1.29, 1.82) is 0 Å². The summed E-state index contributed by atoms with van der Waals surface area (Å²) in [5.74, 6) is 0. The third-order valence-corrected chi connectivity index (χ3v) is 0.478. The van der Waals surface area contributed by atoms with E-state index < -0.39 is 0 Å². The summed E-state index contributed by atoms with van der Waals surface area (Å²) < 4.78 is 0. The molecule has 0 spiro atoms. The van der Waals surface area contributed by atoms with Crippen molar-refractivity contribution in [3.63, 3.8) is 0 Å². The van der Waals surface area contributed by atoms with Gasteiger partial charge in [0.15, 0.2) is 0 Å². The summed E-state index contributed by atoms with van der Waals surface area (Å²) in [4.78, 5) is 7.35. The van der Waals surface area contributed by atoms with Crippen molar-refractivity contribution in [1.82, 2.24) is 34.6 Å². The van der Waals surface area contributed by atoms with Crippen LogP contribution in [0.4, 0.5) is 0 Å². The maximum absolute atomic E-state index is 3.67. The molecular formula is C4H16Cl4N6Pt2. The standard InChI is InChI=1S/C4H4N2.4ClH.4H3N.2Pt/c1-2-5-4-6-3-1;;;;;;;;;;/h1-4H;4*1H;4*1H3;;/q;;;;;;;;;2*+2/p-4. The number of nitrogens with zero attached hydrogens (tertiary/aromatic N) is 2. The first-order chi connectivity index (χ1) is 3.00. The molecule has 0 saturated carbocycles. The summed E-state index contributed by atoms with van der Waals surface area (Å²) in [7, 11) is 0. The Balaban J connectivity index is -0.00000000450. The molecule has 0 saturated heterocycles. The summed E-state index contributed by atoms with van der Waals surface area (Å²) in [6.07, 6.45) is 4.88. The molecule has 0 bridgehead atoms. The minimum atomic E-state index is 0. The van der Waals surface area contributed by atoms with Crippen molar-refractivity contribution in [2.75, 3.05) is 0 Å². The van der Waals surface area contributed by atoms with Crippen LogP contribution in [0.25, 0.3) is 0 Å². The molecule has 1 aromatic heterocycles. The van der Waals surface area contributed by atoms with Crippen LogP contribution in [0.5, 0.6) is 0 Å². The second-order valence-electron chi connectivity index (χ2n) is 0.904. The van der Waals surface area contributed by atoms with Crippen molar-refractivity contribution < 1.29 is 91.8 Å². The smallest absolute Gasteiger partial charge is 1.00 e. The monoisotopic (exact) mass is 678 g/mol. The van der Waals surface area contributed by atoms with Gasteiger partial charge in [0.1, 0.15) is 6.33 Å². The van der Waals surface area contributed by atoms with Crippen molar-refractivity contribution in [2.24, 2.45) is 0 Å². The number of rotatable bonds is 0. The Morgan fingerprint density at radius 2 is 0.812 bits per heavy atom. The van der Waals surface area contributed by atoms with E-state index in [0.717, 1.165) is 0 Å². The molecule has 1 rings (SSSR count). The Kier molecular flexibility index (Phi) is 376. The van der Waals surface area contributed by atoms with Gasteiger partial charge in [-0.25, -0.2) is 9.97 Å². The number of halogens is 4. The van der Waals surface area contributed by atoms with Crippen molar-refractivity contribution in [3.05, 3.63) is 24.8 Å². The molecule has 1 aromatic rings. The van der Waals surface area contributed by atoms with E-state index in [9.17, 15) is 0 Å². The Morgan fingerprint density at radius 1 is 0.562 bits per heavy atom. The zero-order valence-corrected chi connectivity index (χ0v) is 15.7. The Morgan fingerprint density at radius 3 is 0.875 bits per heavy atom. The van der Waals surface area contributed by atoms with Gasteiger partial charge in [-0.15, -0.1) is 0 Å². The summed E-state index contributed by atoms with van der Waals surface area (Å²) in [5, 5.41) is 0. The van der Waals surface area contributed by atoms with Gasteiger partial charge in [-0.05, 0) is 6.07 Å². The molecule has 0 atom stereocenters. The summed E-state index contributed by atoms with van der Waals surface area (Å²) in [6.45, 7) is 0. The van der Waals surface area contributed by atoms with Crippen molar-refractivity contribution in [2.45, 2.75) is 0 Å². The molecule has 0 unspecified atom stereocenters. The predicted octanol–water partition coefficient (Wildman–Crippen LogP) is -10.9. The predicted molar refractivity (Wildman–Crippen MR) is 42.1 cm³/mol. The fraction of sp³-hybridized carbons (Fsp3) is 0. The van der Waals surface area contributed by atoms with E-state index in [1.54, 1.807) is 18.5 Å². The summed E-state index contributed by atoms with van der Waals surface area (Å²) in [6, 6.07) is 1.78. The molecule has 12 N–H and O–H groups in total. The van der Waals surface area contributed by atoms with Gasteiger partial charge in [-0.1, -0.05) is 0 Å². The Hall–Kier alpha value is 1.46. The van der Waals surface area contributed by atoms with Crippen LogP contribution in [0.1, 0.15) is 0 Å². The first kappa shape index (κ1) is 85.0. The number of aromatic nitrogens is 2. The van der Waals surface area contributed by atoms with Gasteiger partial charge in [-0.2, -0.15) is 0 Å². The van der Waals surface area contributed by atoms with E-state index in [-0.39, 0.29) is 116 Å². The first-order valence-corrected chi connectivity index (χ1v) is 1.70. The molecule has 12 heteroatoms. The van der Waals surface area contributed by atoms with Crippen LogP contribution in [0, 0.1) is 0 Å². The fourth-order valence-electron chi connectivity index (χ4n) is 0.253. The molecule has 6 nitrogen and oxygen atoms in total. The molecule has 16 heavy (non-hydrogen) atoms. The average molecular weight is 680 g/mol.